The smallest absolute Gasteiger partial charge is 0.252 e. The van der Waals surface area contributed by atoms with Gasteiger partial charge in [0, 0.05) is 38.7 Å². The first-order chi connectivity index (χ1) is 13.5. The number of hydrogen-bond donors (Lipinski definition) is 4. The predicted molar refractivity (Wildman–Crippen MR) is 114 cm³/mol. The monoisotopic (exact) mass is 395 g/mol. The first kappa shape index (κ1) is 24.8. The van der Waals surface area contributed by atoms with Gasteiger partial charge in [-0.3, -0.25) is 9.59 Å². The minimum atomic E-state index is -0.407. The average Bonchev–Trinajstić information content (AvgIpc) is 2.74. The fraction of sp³-hybridized carbons (Fsp3) is 0.300. The minimum absolute atomic E-state index is 0.0685. The number of benzene rings is 2. The topological polar surface area (TPSA) is 124 Å². The Labute approximate surface area is 168 Å². The van der Waals surface area contributed by atoms with Gasteiger partial charge in [-0.2, -0.15) is 0 Å². The zero-order valence-electron chi connectivity index (χ0n) is 16.7. The first-order valence-corrected chi connectivity index (χ1v) is 8.83. The highest BCUT2D eigenvalue weighted by Gasteiger charge is 2.01. The van der Waals surface area contributed by atoms with Crippen LogP contribution in [0.4, 0.5) is 0 Å². The van der Waals surface area contributed by atoms with Crippen molar-refractivity contribution in [1.29, 1.82) is 0 Å². The van der Waals surface area contributed by atoms with E-state index in [1.165, 1.54) is 0 Å². The first-order valence-electron chi connectivity index (χ1n) is 9.16. The Hall–Kier alpha value is -2.25. The molecule has 1 amide bonds. The summed E-state index contributed by atoms with van der Waals surface area (Å²) in [6, 6.07) is 17.8. The molecule has 0 atom stereocenters. The predicted octanol–water partition coefficient (Wildman–Crippen LogP) is 2.37. The standard InChI is InChI=1S/C9H12N2O.C7H5ClO.C2H8N2.C2H6/c10-6-7-11-9(12)8-4-2-1-3-5-8;8-7(9)6-4-2-1-3-5-6;3-1-2-4;1-2/h1-5H,6-7,10H2,(H,11,12);1-5H;1-4H2;1-2H3/i;;;1D. The van der Waals surface area contributed by atoms with Crippen LogP contribution in [0.2, 0.25) is 0 Å². The van der Waals surface area contributed by atoms with E-state index in [4.69, 9.17) is 30.2 Å². The van der Waals surface area contributed by atoms with E-state index in [2.05, 4.69) is 5.32 Å². The molecule has 0 aromatic heterocycles. The van der Waals surface area contributed by atoms with Gasteiger partial charge in [0.25, 0.3) is 11.1 Å². The summed E-state index contributed by atoms with van der Waals surface area (Å²) in [7, 11) is 0. The molecule has 2 aromatic rings. The molecule has 0 saturated carbocycles. The molecular formula is C20H31ClN4O2. The molecule has 0 saturated heterocycles. The lowest BCUT2D eigenvalue weighted by Gasteiger charge is -2.01. The Balaban J connectivity index is 0. The molecule has 7 heteroatoms. The number of halogens is 1. The van der Waals surface area contributed by atoms with E-state index < -0.39 is 5.24 Å². The SMILES string of the molecule is NCCN.NCCNC(=O)c1ccccc1.O=C(Cl)c1ccccc1.[2H]CC. The fourth-order valence-electron chi connectivity index (χ4n) is 1.45. The van der Waals surface area contributed by atoms with Crippen molar-refractivity contribution < 1.29 is 11.0 Å². The van der Waals surface area contributed by atoms with Gasteiger partial charge in [0.15, 0.2) is 0 Å². The van der Waals surface area contributed by atoms with Crippen molar-refractivity contribution in [2.24, 2.45) is 17.2 Å². The highest BCUT2D eigenvalue weighted by atomic mass is 35.5. The summed E-state index contributed by atoms with van der Waals surface area (Å²) in [4.78, 5) is 21.6. The van der Waals surface area contributed by atoms with Gasteiger partial charge in [-0.25, -0.2) is 0 Å². The molecule has 0 spiro atoms. The Bertz CT molecular complexity index is 614. The summed E-state index contributed by atoms with van der Waals surface area (Å²) in [6.45, 7) is 4.48. The van der Waals surface area contributed by atoms with E-state index in [9.17, 15) is 9.59 Å². The number of amides is 1. The van der Waals surface area contributed by atoms with Crippen LogP contribution in [0.5, 0.6) is 0 Å². The molecule has 7 N–H and O–H groups in total. The lowest BCUT2D eigenvalue weighted by molar-refractivity contribution is 0.0954. The van der Waals surface area contributed by atoms with E-state index >= 15 is 0 Å². The number of rotatable bonds is 5. The van der Waals surface area contributed by atoms with Crippen molar-refractivity contribution in [3.63, 3.8) is 0 Å². The maximum atomic E-state index is 11.2. The molecule has 0 aliphatic rings. The van der Waals surface area contributed by atoms with Gasteiger partial charge in [-0.15, -0.1) is 0 Å². The maximum absolute atomic E-state index is 11.2. The normalized spacial score (nSPS) is 9.00. The van der Waals surface area contributed by atoms with Gasteiger partial charge >= 0.3 is 0 Å². The molecule has 0 fully saturated rings. The van der Waals surface area contributed by atoms with Gasteiger partial charge in [0.2, 0.25) is 0 Å². The van der Waals surface area contributed by atoms with Crippen LogP contribution < -0.4 is 22.5 Å². The zero-order chi connectivity index (χ0) is 21.6. The van der Waals surface area contributed by atoms with Crippen molar-refractivity contribution in [2.45, 2.75) is 13.8 Å². The van der Waals surface area contributed by atoms with Crippen LogP contribution in [0.3, 0.4) is 0 Å². The summed E-state index contributed by atoms with van der Waals surface area (Å²) in [6.07, 6.45) is 0. The molecule has 27 heavy (non-hydrogen) atoms. The fourth-order valence-corrected chi connectivity index (χ4v) is 1.57. The Morgan fingerprint density at radius 3 is 1.59 bits per heavy atom. The number of hydrogen-bond acceptors (Lipinski definition) is 5. The van der Waals surface area contributed by atoms with Crippen LogP contribution in [-0.4, -0.2) is 37.3 Å². The van der Waals surface area contributed by atoms with E-state index in [1.54, 1.807) is 43.3 Å². The lowest BCUT2D eigenvalue weighted by Crippen LogP contribution is -2.28. The number of nitrogens with one attached hydrogen (secondary N) is 1. The lowest BCUT2D eigenvalue weighted by atomic mass is 10.2. The maximum Gasteiger partial charge on any atom is 0.252 e. The van der Waals surface area contributed by atoms with E-state index in [0.717, 1.165) is 0 Å². The van der Waals surface area contributed by atoms with Crippen LogP contribution >= 0.6 is 11.6 Å². The summed E-state index contributed by atoms with van der Waals surface area (Å²) in [5.41, 5.74) is 16.3. The number of nitrogens with two attached hydrogens (primary N) is 3. The van der Waals surface area contributed by atoms with Crippen molar-refractivity contribution in [3.05, 3.63) is 71.8 Å². The summed E-state index contributed by atoms with van der Waals surface area (Å²) >= 11 is 5.16. The molecule has 2 aromatic carbocycles. The van der Waals surface area contributed by atoms with E-state index in [-0.39, 0.29) is 5.91 Å². The van der Waals surface area contributed by atoms with Crippen LogP contribution in [0.15, 0.2) is 60.7 Å². The summed E-state index contributed by atoms with van der Waals surface area (Å²) < 4.78 is 6.21. The Morgan fingerprint density at radius 1 is 0.889 bits per heavy atom. The second kappa shape index (κ2) is 20.1. The molecule has 0 radical (unpaired) electrons. The Morgan fingerprint density at radius 2 is 1.30 bits per heavy atom. The van der Waals surface area contributed by atoms with Gasteiger partial charge in [0.1, 0.15) is 0 Å². The van der Waals surface area contributed by atoms with Crippen LogP contribution in [-0.2, 0) is 0 Å². The molecule has 0 aliphatic heterocycles. The second-order valence-corrected chi connectivity index (χ2v) is 4.97. The number of carbonyl (C=O) groups excluding carboxylic acids is 2. The van der Waals surface area contributed by atoms with Crippen LogP contribution in [0, 0.1) is 0 Å². The quantitative estimate of drug-likeness (QED) is 0.578. The largest absolute Gasteiger partial charge is 0.351 e. The highest BCUT2D eigenvalue weighted by Crippen LogP contribution is 2.01. The number of carbonyl (C=O) groups is 2. The van der Waals surface area contributed by atoms with Gasteiger partial charge < -0.3 is 22.5 Å². The van der Waals surface area contributed by atoms with Gasteiger partial charge in [-0.05, 0) is 23.7 Å². The molecule has 0 heterocycles. The molecule has 6 nitrogen and oxygen atoms in total. The average molecular weight is 396 g/mol. The van der Waals surface area contributed by atoms with Gasteiger partial charge in [0.05, 0.1) is 0 Å². The second-order valence-electron chi connectivity index (χ2n) is 4.63. The van der Waals surface area contributed by atoms with Crippen molar-refractivity contribution in [1.82, 2.24) is 5.32 Å². The highest BCUT2D eigenvalue weighted by molar-refractivity contribution is 6.67. The molecule has 2 rings (SSSR count). The molecule has 150 valence electrons. The molecule has 0 bridgehead atoms. The third-order valence-corrected chi connectivity index (χ3v) is 2.85. The summed E-state index contributed by atoms with van der Waals surface area (Å²) in [5, 5.41) is 2.28. The van der Waals surface area contributed by atoms with Crippen LogP contribution in [0.1, 0.15) is 35.9 Å². The molecule has 0 unspecified atom stereocenters. The third kappa shape index (κ3) is 15.7. The molecule has 0 aliphatic carbocycles. The van der Waals surface area contributed by atoms with Crippen molar-refractivity contribution in [3.8, 4) is 0 Å². The Kier molecular flexibility index (Phi) is 18.4. The van der Waals surface area contributed by atoms with Crippen LogP contribution in [0.25, 0.3) is 0 Å². The van der Waals surface area contributed by atoms with E-state index in [1.807, 2.05) is 24.3 Å². The van der Waals surface area contributed by atoms with Crippen molar-refractivity contribution >= 4 is 22.8 Å². The zero-order valence-corrected chi connectivity index (χ0v) is 16.5. The van der Waals surface area contributed by atoms with Crippen molar-refractivity contribution in [2.75, 3.05) is 26.2 Å². The minimum Gasteiger partial charge on any atom is -0.351 e. The molecular weight excluding hydrogens is 364 g/mol. The van der Waals surface area contributed by atoms with Gasteiger partial charge in [-0.1, -0.05) is 62.4 Å². The summed E-state index contributed by atoms with van der Waals surface area (Å²) in [5.74, 6) is -0.0685. The van der Waals surface area contributed by atoms with E-state index in [0.29, 0.717) is 44.2 Å². The third-order valence-electron chi connectivity index (χ3n) is 2.63.